The molecule has 32 heavy (non-hydrogen) atoms. The van der Waals surface area contributed by atoms with Crippen LogP contribution < -0.4 is 0 Å². The molecule has 1 aromatic heterocycles. The molecule has 0 radical (unpaired) electrons. The number of carbonyl (C=O) groups excluding carboxylic acids is 1. The van der Waals surface area contributed by atoms with Crippen LogP contribution in [-0.2, 0) is 22.5 Å². The van der Waals surface area contributed by atoms with E-state index in [2.05, 4.69) is 31.8 Å². The van der Waals surface area contributed by atoms with E-state index in [-0.39, 0.29) is 13.0 Å². The largest absolute Gasteiger partial charge is 0.459 e. The van der Waals surface area contributed by atoms with E-state index in [1.807, 2.05) is 23.1 Å². The Labute approximate surface area is 189 Å². The Bertz CT molecular complexity index is 1200. The Hall–Kier alpha value is -2.48. The molecule has 2 aromatic rings. The van der Waals surface area contributed by atoms with E-state index in [0.29, 0.717) is 17.7 Å². The highest BCUT2D eigenvalue weighted by Crippen LogP contribution is 2.46. The van der Waals surface area contributed by atoms with Gasteiger partial charge in [0, 0.05) is 36.7 Å². The Kier molecular flexibility index (Phi) is 4.85. The number of hydrogen-bond donors (Lipinski definition) is 2. The fourth-order valence-corrected chi connectivity index (χ4v) is 6.05. The lowest BCUT2D eigenvalue weighted by molar-refractivity contribution is -0.164. The average Bonchev–Trinajstić information content (AvgIpc) is 3.12. The van der Waals surface area contributed by atoms with Crippen molar-refractivity contribution in [2.45, 2.75) is 63.8 Å². The number of fused-ring (bicyclic) bond motifs is 4. The molecule has 1 aromatic carbocycles. The van der Waals surface area contributed by atoms with Crippen molar-refractivity contribution in [2.24, 2.45) is 0 Å². The topological polar surface area (TPSA) is 82.9 Å². The third kappa shape index (κ3) is 3.14. The molecule has 0 amide bonds. The van der Waals surface area contributed by atoms with Crippen LogP contribution in [0.25, 0.3) is 16.6 Å². The maximum absolute atomic E-state index is 12.4. The number of nitrogens with zero attached hydrogens (tertiary/aromatic N) is 2. The molecule has 0 fully saturated rings. The highest BCUT2D eigenvalue weighted by molar-refractivity contribution is 6.76. The average molecular weight is 451 g/mol. The Morgan fingerprint density at radius 3 is 2.75 bits per heavy atom. The predicted octanol–water partition coefficient (Wildman–Crippen LogP) is 3.60. The summed E-state index contributed by atoms with van der Waals surface area (Å²) in [6.07, 6.45) is 2.05. The van der Waals surface area contributed by atoms with Gasteiger partial charge in [-0.2, -0.15) is 0 Å². The summed E-state index contributed by atoms with van der Waals surface area (Å²) < 4.78 is 5.24. The summed E-state index contributed by atoms with van der Waals surface area (Å²) in [5.74, 6) is -0.656. The van der Waals surface area contributed by atoms with Gasteiger partial charge in [-0.1, -0.05) is 50.8 Å². The summed E-state index contributed by atoms with van der Waals surface area (Å²) in [6, 6.07) is 9.38. The number of cyclic esters (lactones) is 1. The quantitative estimate of drug-likeness (QED) is 0.547. The molecule has 2 N–H and O–H groups in total. The highest BCUT2D eigenvalue weighted by atomic mass is 28.3. The zero-order chi connectivity index (χ0) is 22.8. The number of aliphatic hydroxyl groups excluding tert-OH is 1. The third-order valence-corrected chi connectivity index (χ3v) is 8.75. The normalized spacial score (nSPS) is 24.8. The summed E-state index contributed by atoms with van der Waals surface area (Å²) >= 11 is 0. The number of aromatic nitrogens is 1. The number of aliphatic hydroxyl groups is 2. The smallest absolute Gasteiger partial charge is 0.343 e. The highest BCUT2D eigenvalue weighted by Gasteiger charge is 2.49. The van der Waals surface area contributed by atoms with E-state index in [4.69, 9.17) is 9.72 Å². The number of aryl methyl sites for hydroxylation is 1. The second kappa shape index (κ2) is 7.27. The number of esters is 1. The third-order valence-electron chi connectivity index (χ3n) is 7.00. The minimum atomic E-state index is -1.74. The van der Waals surface area contributed by atoms with Crippen LogP contribution in [-0.4, -0.2) is 52.6 Å². The molecule has 4 heterocycles. The number of rotatable bonds is 4. The van der Waals surface area contributed by atoms with Gasteiger partial charge in [-0.05, 0) is 30.5 Å². The maximum atomic E-state index is 12.4. The van der Waals surface area contributed by atoms with Gasteiger partial charge in [0.1, 0.15) is 6.61 Å². The van der Waals surface area contributed by atoms with Crippen molar-refractivity contribution in [3.05, 3.63) is 58.3 Å². The number of carbonyl (C=O) groups is 1. The van der Waals surface area contributed by atoms with Gasteiger partial charge in [-0.3, -0.25) is 0 Å². The monoisotopic (exact) mass is 450 g/mol. The number of ether oxygens (including phenoxy) is 1. The zero-order valence-electron chi connectivity index (χ0n) is 19.1. The lowest BCUT2D eigenvalue weighted by Crippen LogP contribution is -2.50. The lowest BCUT2D eigenvalue weighted by Gasteiger charge is -2.40. The Morgan fingerprint density at radius 1 is 1.28 bits per heavy atom. The molecule has 168 valence electrons. The molecular weight excluding hydrogens is 420 g/mol. The first-order valence-electron chi connectivity index (χ1n) is 11.3. The Balaban J connectivity index is 1.69. The van der Waals surface area contributed by atoms with Crippen LogP contribution >= 0.6 is 0 Å². The molecule has 0 bridgehead atoms. The molecule has 0 saturated heterocycles. The minimum Gasteiger partial charge on any atom is -0.459 e. The second-order valence-electron chi connectivity index (χ2n) is 10.3. The van der Waals surface area contributed by atoms with Crippen LogP contribution in [0.15, 0.2) is 41.5 Å². The van der Waals surface area contributed by atoms with Gasteiger partial charge in [0.2, 0.25) is 0 Å². The molecule has 1 unspecified atom stereocenters. The van der Waals surface area contributed by atoms with Crippen molar-refractivity contribution < 1.29 is 19.7 Å². The summed E-state index contributed by atoms with van der Waals surface area (Å²) in [6.45, 7) is 9.44. The van der Waals surface area contributed by atoms with Crippen LogP contribution in [0, 0.1) is 0 Å². The first-order chi connectivity index (χ1) is 15.1. The maximum Gasteiger partial charge on any atom is 0.343 e. The fraction of sp³-hybridized carbons (Fsp3) is 0.440. The number of pyridine rings is 1. The van der Waals surface area contributed by atoms with Gasteiger partial charge in [0.15, 0.2) is 11.8 Å². The lowest BCUT2D eigenvalue weighted by atomic mass is 9.82. The van der Waals surface area contributed by atoms with Crippen LogP contribution in [0.1, 0.15) is 30.2 Å². The molecule has 3 aliphatic heterocycles. The predicted molar refractivity (Wildman–Crippen MR) is 126 cm³/mol. The van der Waals surface area contributed by atoms with E-state index in [0.717, 1.165) is 28.9 Å². The van der Waals surface area contributed by atoms with E-state index in [1.54, 1.807) is 6.92 Å². The molecule has 7 heteroatoms. The van der Waals surface area contributed by atoms with Crippen molar-refractivity contribution in [1.82, 2.24) is 9.88 Å². The number of benzene rings is 1. The summed E-state index contributed by atoms with van der Waals surface area (Å²) in [4.78, 5) is 19.3. The van der Waals surface area contributed by atoms with Crippen molar-refractivity contribution in [3.8, 4) is 0 Å². The van der Waals surface area contributed by atoms with Crippen LogP contribution in [0.4, 0.5) is 0 Å². The van der Waals surface area contributed by atoms with E-state index >= 15 is 0 Å². The number of para-hydroxylation sites is 1. The Morgan fingerprint density at radius 2 is 2.03 bits per heavy atom. The molecule has 3 aliphatic rings. The molecule has 6 nitrogen and oxygen atoms in total. The summed E-state index contributed by atoms with van der Waals surface area (Å²) in [5, 5.41) is 23.5. The standard InChI is InChI=1S/C25H30N2O4Si/c1-5-25(30)19-12-21-22-17(13-27(21)23(28)18(19)14-31-24(25)29)15(10-11-32(2,3)4)16-8-6-7-9-20(16)26-22/h6-9,12,23,28,30H,5,10-11,13-14H2,1-4H3/t23?,25-/m0/s1. The molecule has 0 saturated carbocycles. The first-order valence-corrected chi connectivity index (χ1v) is 15.0. The SMILES string of the molecule is CC[C@@]1(O)C(=O)OCC2=C1C=C1c3nc4ccccc4c(CC[Si](C)(C)C)c3CN1C2O. The summed E-state index contributed by atoms with van der Waals surface area (Å²) in [7, 11) is -1.26. The van der Waals surface area contributed by atoms with Crippen molar-refractivity contribution in [2.75, 3.05) is 6.61 Å². The van der Waals surface area contributed by atoms with Crippen LogP contribution in [0.3, 0.4) is 0 Å². The summed E-state index contributed by atoms with van der Waals surface area (Å²) in [5.41, 5.74) is 4.26. The van der Waals surface area contributed by atoms with Gasteiger partial charge >= 0.3 is 5.97 Å². The van der Waals surface area contributed by atoms with Gasteiger partial charge < -0.3 is 19.8 Å². The van der Waals surface area contributed by atoms with Crippen molar-refractivity contribution >= 4 is 30.6 Å². The zero-order valence-corrected chi connectivity index (χ0v) is 20.1. The minimum absolute atomic E-state index is 0.00778. The molecular formula is C25H30N2O4Si. The van der Waals surface area contributed by atoms with E-state index in [9.17, 15) is 15.0 Å². The molecule has 0 spiro atoms. The van der Waals surface area contributed by atoms with Gasteiger partial charge in [0.25, 0.3) is 0 Å². The van der Waals surface area contributed by atoms with Crippen molar-refractivity contribution in [1.29, 1.82) is 0 Å². The molecule has 5 rings (SSSR count). The van der Waals surface area contributed by atoms with E-state index < -0.39 is 25.9 Å². The van der Waals surface area contributed by atoms with Gasteiger partial charge in [-0.15, -0.1) is 0 Å². The van der Waals surface area contributed by atoms with Gasteiger partial charge in [-0.25, -0.2) is 9.78 Å². The van der Waals surface area contributed by atoms with Crippen LogP contribution in [0.5, 0.6) is 0 Å². The number of hydrogen-bond acceptors (Lipinski definition) is 6. The second-order valence-corrected chi connectivity index (χ2v) is 15.9. The van der Waals surface area contributed by atoms with E-state index in [1.165, 1.54) is 17.0 Å². The molecule has 0 aliphatic carbocycles. The fourth-order valence-electron chi connectivity index (χ4n) is 5.05. The first kappa shape index (κ1) is 21.4. The van der Waals surface area contributed by atoms with Gasteiger partial charge in [0.05, 0.1) is 16.9 Å². The molecule has 2 atom stereocenters. The van der Waals surface area contributed by atoms with Crippen molar-refractivity contribution in [3.63, 3.8) is 0 Å². The van der Waals surface area contributed by atoms with Crippen LogP contribution in [0.2, 0.25) is 25.7 Å².